The summed E-state index contributed by atoms with van der Waals surface area (Å²) in [6, 6.07) is 0.114. The minimum Gasteiger partial charge on any atom is -0.374 e. The van der Waals surface area contributed by atoms with Gasteiger partial charge in [0.2, 0.25) is 0 Å². The van der Waals surface area contributed by atoms with Gasteiger partial charge in [-0.25, -0.2) is 4.98 Å². The number of hydrogen-bond donors (Lipinski definition) is 0. The molecule has 1 aromatic heterocycles. The Morgan fingerprint density at radius 3 is 2.64 bits per heavy atom. The molecule has 2 fully saturated rings. The number of hydrogen-bond acceptors (Lipinski definition) is 5. The first kappa shape index (κ1) is 15.4. The zero-order chi connectivity index (χ0) is 15.9. The number of aryl methyl sites for hydroxylation is 3. The van der Waals surface area contributed by atoms with Crippen molar-refractivity contribution in [2.24, 2.45) is 0 Å². The lowest BCUT2D eigenvalue weighted by atomic mass is 9.98. The minimum absolute atomic E-state index is 0.0123. The molecule has 3 heterocycles. The fraction of sp³-hybridized carbons (Fsp3) is 0.688. The predicted octanol–water partition coefficient (Wildman–Crippen LogP) is 0.947. The van der Waals surface area contributed by atoms with Crippen LogP contribution in [0, 0.1) is 20.8 Å². The van der Waals surface area contributed by atoms with Crippen LogP contribution in [0.4, 0.5) is 0 Å². The molecule has 0 aliphatic carbocycles. The van der Waals surface area contributed by atoms with Gasteiger partial charge in [0.1, 0.15) is 5.69 Å². The number of likely N-dealkylation sites (tertiary alicyclic amines) is 1. The number of morpholine rings is 1. The first-order chi connectivity index (χ1) is 10.5. The van der Waals surface area contributed by atoms with Crippen LogP contribution in [-0.2, 0) is 4.74 Å². The third-order valence-corrected chi connectivity index (χ3v) is 4.73. The highest BCUT2D eigenvalue weighted by molar-refractivity contribution is 5.93. The van der Waals surface area contributed by atoms with Gasteiger partial charge in [-0.3, -0.25) is 9.78 Å². The van der Waals surface area contributed by atoms with Crippen LogP contribution >= 0.6 is 0 Å². The summed E-state index contributed by atoms with van der Waals surface area (Å²) in [6.07, 6.45) is 1.12. The Morgan fingerprint density at radius 1 is 1.14 bits per heavy atom. The molecule has 6 nitrogen and oxygen atoms in total. The Balaban J connectivity index is 1.89. The third kappa shape index (κ3) is 2.73. The molecular formula is C16H24N4O2. The van der Waals surface area contributed by atoms with Gasteiger partial charge in [-0.05, 0) is 34.2 Å². The number of carbonyl (C=O) groups is 1. The van der Waals surface area contributed by atoms with Crippen LogP contribution in [0.2, 0.25) is 0 Å². The van der Waals surface area contributed by atoms with Gasteiger partial charge in [-0.1, -0.05) is 0 Å². The van der Waals surface area contributed by atoms with E-state index in [2.05, 4.69) is 21.9 Å². The molecule has 3 rings (SSSR count). The summed E-state index contributed by atoms with van der Waals surface area (Å²) >= 11 is 0. The Labute approximate surface area is 131 Å². The van der Waals surface area contributed by atoms with Crippen LogP contribution in [0.3, 0.4) is 0 Å². The summed E-state index contributed by atoms with van der Waals surface area (Å²) in [5, 5.41) is 0. The van der Waals surface area contributed by atoms with Crippen LogP contribution in [0.25, 0.3) is 0 Å². The summed E-state index contributed by atoms with van der Waals surface area (Å²) in [4.78, 5) is 26.1. The molecule has 0 radical (unpaired) electrons. The molecule has 2 aliphatic heterocycles. The molecule has 0 spiro atoms. The maximum atomic E-state index is 13.0. The van der Waals surface area contributed by atoms with Crippen LogP contribution in [-0.4, -0.2) is 71.1 Å². The number of fused-ring (bicyclic) bond motifs is 1. The van der Waals surface area contributed by atoms with E-state index in [1.807, 2.05) is 25.7 Å². The molecular weight excluding hydrogens is 280 g/mol. The van der Waals surface area contributed by atoms with Gasteiger partial charge in [-0.2, -0.15) is 0 Å². The molecule has 1 amide bonds. The Bertz CT molecular complexity index is 590. The Morgan fingerprint density at radius 2 is 1.86 bits per heavy atom. The van der Waals surface area contributed by atoms with Gasteiger partial charge in [0.15, 0.2) is 0 Å². The number of likely N-dealkylation sites (N-methyl/N-ethyl adjacent to an activating group) is 1. The molecule has 1 aromatic rings. The maximum absolute atomic E-state index is 13.0. The van der Waals surface area contributed by atoms with Gasteiger partial charge < -0.3 is 14.5 Å². The van der Waals surface area contributed by atoms with Crippen molar-refractivity contribution >= 4 is 5.91 Å². The molecule has 22 heavy (non-hydrogen) atoms. The summed E-state index contributed by atoms with van der Waals surface area (Å²) in [7, 11) is 2.09. The average molecular weight is 304 g/mol. The zero-order valence-corrected chi connectivity index (χ0v) is 13.8. The van der Waals surface area contributed by atoms with E-state index in [1.165, 1.54) is 0 Å². The van der Waals surface area contributed by atoms with Crippen molar-refractivity contribution in [1.29, 1.82) is 0 Å². The first-order valence-electron chi connectivity index (χ1n) is 7.90. The van der Waals surface area contributed by atoms with E-state index in [-0.39, 0.29) is 18.1 Å². The van der Waals surface area contributed by atoms with E-state index in [0.29, 0.717) is 24.5 Å². The first-order valence-corrected chi connectivity index (χ1v) is 7.90. The SMILES string of the molecule is Cc1nc(C)c(C(=O)N2CCO[C@H]3CCN(C)C[C@@H]32)nc1C. The largest absolute Gasteiger partial charge is 0.374 e. The van der Waals surface area contributed by atoms with Crippen molar-refractivity contribution in [2.45, 2.75) is 39.3 Å². The second-order valence-electron chi connectivity index (χ2n) is 6.35. The van der Waals surface area contributed by atoms with Crippen LogP contribution in [0.15, 0.2) is 0 Å². The van der Waals surface area contributed by atoms with Crippen LogP contribution in [0.5, 0.6) is 0 Å². The smallest absolute Gasteiger partial charge is 0.274 e. The average Bonchev–Trinajstić information content (AvgIpc) is 2.49. The molecule has 0 aromatic carbocycles. The van der Waals surface area contributed by atoms with Crippen molar-refractivity contribution in [3.63, 3.8) is 0 Å². The number of carbonyl (C=O) groups excluding carboxylic acids is 1. The van der Waals surface area contributed by atoms with Crippen molar-refractivity contribution in [3.8, 4) is 0 Å². The van der Waals surface area contributed by atoms with E-state index in [0.717, 1.165) is 30.9 Å². The normalized spacial score (nSPS) is 25.9. The number of piperidine rings is 1. The highest BCUT2D eigenvalue weighted by Crippen LogP contribution is 2.24. The summed E-state index contributed by atoms with van der Waals surface area (Å²) in [5.41, 5.74) is 2.89. The lowest BCUT2D eigenvalue weighted by Crippen LogP contribution is -2.61. The molecule has 0 bridgehead atoms. The van der Waals surface area contributed by atoms with Gasteiger partial charge >= 0.3 is 0 Å². The third-order valence-electron chi connectivity index (χ3n) is 4.73. The van der Waals surface area contributed by atoms with E-state index >= 15 is 0 Å². The van der Waals surface area contributed by atoms with Crippen molar-refractivity contribution in [2.75, 3.05) is 33.3 Å². The van der Waals surface area contributed by atoms with Gasteiger partial charge in [0.25, 0.3) is 5.91 Å². The zero-order valence-electron chi connectivity index (χ0n) is 13.8. The number of aromatic nitrogens is 2. The highest BCUT2D eigenvalue weighted by atomic mass is 16.5. The second kappa shape index (κ2) is 5.93. The summed E-state index contributed by atoms with van der Waals surface area (Å²) < 4.78 is 5.86. The van der Waals surface area contributed by atoms with Gasteiger partial charge in [-0.15, -0.1) is 0 Å². The maximum Gasteiger partial charge on any atom is 0.274 e. The molecule has 2 atom stereocenters. The molecule has 0 saturated carbocycles. The summed E-state index contributed by atoms with van der Waals surface area (Å²) in [5.74, 6) is -0.0123. The standard InChI is InChI=1S/C16H24N4O2/c1-10-11(2)18-15(12(3)17-10)16(21)20-7-8-22-14-5-6-19(4)9-13(14)20/h13-14H,5-9H2,1-4H3/t13-,14-/m0/s1. The van der Waals surface area contributed by atoms with Crippen LogP contribution in [0.1, 0.15) is 34.0 Å². The quantitative estimate of drug-likeness (QED) is 0.773. The van der Waals surface area contributed by atoms with E-state index in [9.17, 15) is 4.79 Å². The Kier molecular flexibility index (Phi) is 4.14. The van der Waals surface area contributed by atoms with Gasteiger partial charge in [0, 0.05) is 19.6 Å². The lowest BCUT2D eigenvalue weighted by Gasteiger charge is -2.46. The van der Waals surface area contributed by atoms with E-state index in [4.69, 9.17) is 4.74 Å². The van der Waals surface area contributed by atoms with E-state index in [1.54, 1.807) is 0 Å². The lowest BCUT2D eigenvalue weighted by molar-refractivity contribution is -0.0871. The number of nitrogens with zero attached hydrogens (tertiary/aromatic N) is 4. The second-order valence-corrected chi connectivity index (χ2v) is 6.35. The number of rotatable bonds is 1. The van der Waals surface area contributed by atoms with E-state index < -0.39 is 0 Å². The molecule has 6 heteroatoms. The topological polar surface area (TPSA) is 58.6 Å². The molecule has 0 N–H and O–H groups in total. The van der Waals surface area contributed by atoms with Gasteiger partial charge in [0.05, 0.1) is 35.8 Å². The number of amides is 1. The Hall–Kier alpha value is -1.53. The monoisotopic (exact) mass is 304 g/mol. The van der Waals surface area contributed by atoms with Crippen LogP contribution < -0.4 is 0 Å². The van der Waals surface area contributed by atoms with Crippen molar-refractivity contribution in [3.05, 3.63) is 22.8 Å². The highest BCUT2D eigenvalue weighted by Gasteiger charge is 2.39. The predicted molar refractivity (Wildman–Crippen MR) is 82.9 cm³/mol. The number of ether oxygens (including phenoxy) is 1. The fourth-order valence-corrected chi connectivity index (χ4v) is 3.34. The summed E-state index contributed by atoms with van der Waals surface area (Å²) in [6.45, 7) is 8.78. The molecule has 2 aliphatic rings. The van der Waals surface area contributed by atoms with Crippen molar-refractivity contribution < 1.29 is 9.53 Å². The molecule has 120 valence electrons. The van der Waals surface area contributed by atoms with Crippen molar-refractivity contribution in [1.82, 2.24) is 19.8 Å². The molecule has 0 unspecified atom stereocenters. The minimum atomic E-state index is -0.0123. The fourth-order valence-electron chi connectivity index (χ4n) is 3.34. The molecule has 2 saturated heterocycles.